The molecule has 0 fully saturated rings. The van der Waals surface area contributed by atoms with Crippen LogP contribution in [0.1, 0.15) is 6.92 Å². The molecule has 0 spiro atoms. The Balaban J connectivity index is 2.83. The third-order valence-electron chi connectivity index (χ3n) is 0.348. The fourth-order valence-corrected chi connectivity index (χ4v) is 1.36. The van der Waals surface area contributed by atoms with Gasteiger partial charge in [0.15, 0.2) is 0 Å². The molecule has 0 aromatic heterocycles. The summed E-state index contributed by atoms with van der Waals surface area (Å²) in [6.07, 6.45) is 0. The first-order valence-corrected chi connectivity index (χ1v) is 7.09. The topological polar surface area (TPSA) is 26.3 Å². The Hall–Kier alpha value is 0.559. The summed E-state index contributed by atoms with van der Waals surface area (Å²) < 4.78 is 14.8. The first-order chi connectivity index (χ1) is 2.77. The van der Waals surface area contributed by atoms with Gasteiger partial charge in [-0.3, -0.25) is 0 Å². The van der Waals surface area contributed by atoms with E-state index in [9.17, 15) is 3.08 Å². The van der Waals surface area contributed by atoms with Gasteiger partial charge in [0.1, 0.15) is 0 Å². The van der Waals surface area contributed by atoms with Crippen molar-refractivity contribution in [3.05, 3.63) is 0 Å². The van der Waals surface area contributed by atoms with Gasteiger partial charge in [0.05, 0.1) is 0 Å². The van der Waals surface area contributed by atoms with Gasteiger partial charge in [0, 0.05) is 0 Å². The number of hydrogen-bond acceptors (Lipinski definition) is 2. The average molecular weight is 195 g/mol. The molecule has 0 aromatic rings. The van der Waals surface area contributed by atoms with Crippen molar-refractivity contribution in [3.8, 4) is 0 Å². The fourth-order valence-electron chi connectivity index (χ4n) is 0.203. The molecule has 0 atom stereocenters. The van der Waals surface area contributed by atoms with Gasteiger partial charge in [0.25, 0.3) is 0 Å². The van der Waals surface area contributed by atoms with Gasteiger partial charge in [-0.05, 0) is 0 Å². The van der Waals surface area contributed by atoms with Gasteiger partial charge < -0.3 is 0 Å². The van der Waals surface area contributed by atoms with E-state index < -0.39 is 20.2 Å². The Bertz CT molecular complexity index is 52.8. The van der Waals surface area contributed by atoms with Crippen LogP contribution in [0.4, 0.5) is 0 Å². The Labute approximate surface area is 45.2 Å². The molecule has 0 aliphatic carbocycles. The predicted molar refractivity (Wildman–Crippen MR) is 23.9 cm³/mol. The van der Waals surface area contributed by atoms with Gasteiger partial charge in [0.2, 0.25) is 0 Å². The zero-order chi connectivity index (χ0) is 4.99. The fraction of sp³-hybridized carbons (Fsp3) is 1.00. The zero-order valence-electron chi connectivity index (χ0n) is 4.02. The van der Waals surface area contributed by atoms with E-state index >= 15 is 0 Å². The molecule has 0 rings (SSSR count). The average Bonchev–Trinajstić information content (AvgIpc) is 1.35. The van der Waals surface area contributed by atoms with E-state index in [4.69, 9.17) is 0 Å². The van der Waals surface area contributed by atoms with E-state index in [1.807, 2.05) is 6.92 Å². The Kier molecular flexibility index (Phi) is 4.09. The molecule has 0 N–H and O–H groups in total. The van der Waals surface area contributed by atoms with E-state index in [0.29, 0.717) is 6.61 Å². The van der Waals surface area contributed by atoms with Gasteiger partial charge in [-0.2, -0.15) is 0 Å². The molecular weight excluding hydrogens is 187 g/mol. The molecule has 2 nitrogen and oxygen atoms in total. The molecule has 0 saturated carbocycles. The molecule has 0 aliphatic heterocycles. The first-order valence-electron chi connectivity index (χ1n) is 1.90. The van der Waals surface area contributed by atoms with Gasteiger partial charge >= 0.3 is 44.8 Å². The van der Waals surface area contributed by atoms with Gasteiger partial charge in [-0.15, -0.1) is 0 Å². The molecular formula is C3H8O2Sn. The molecule has 0 heterocycles. The van der Waals surface area contributed by atoms with Crippen molar-refractivity contribution >= 4 is 20.2 Å². The van der Waals surface area contributed by atoms with Crippen LogP contribution in [0.3, 0.4) is 0 Å². The Morgan fingerprint density at radius 2 is 2.33 bits per heavy atom. The first kappa shape index (κ1) is 6.56. The molecule has 0 bridgehead atoms. The van der Waals surface area contributed by atoms with E-state index in [2.05, 4.69) is 3.07 Å². The van der Waals surface area contributed by atoms with Crippen LogP contribution in [0.2, 0.25) is 4.94 Å². The molecule has 3 heteroatoms. The SMILES string of the molecule is CC[O][Sn]([CH3])=[O]. The van der Waals surface area contributed by atoms with Crippen molar-refractivity contribution in [2.45, 2.75) is 11.9 Å². The molecule has 6 heavy (non-hydrogen) atoms. The summed E-state index contributed by atoms with van der Waals surface area (Å²) in [4.78, 5) is 1.67. The molecule has 0 saturated heterocycles. The third kappa shape index (κ3) is 4.56. The van der Waals surface area contributed by atoms with Crippen LogP contribution >= 0.6 is 0 Å². The van der Waals surface area contributed by atoms with Crippen LogP contribution in [0.25, 0.3) is 0 Å². The quantitative estimate of drug-likeness (QED) is 0.602. The minimum atomic E-state index is -2.37. The van der Waals surface area contributed by atoms with Crippen molar-refractivity contribution in [1.29, 1.82) is 0 Å². The third-order valence-corrected chi connectivity index (χ3v) is 2.33. The van der Waals surface area contributed by atoms with Crippen LogP contribution in [0.5, 0.6) is 0 Å². The molecule has 0 amide bonds. The van der Waals surface area contributed by atoms with Gasteiger partial charge in [-0.1, -0.05) is 0 Å². The van der Waals surface area contributed by atoms with Gasteiger partial charge in [-0.25, -0.2) is 0 Å². The van der Waals surface area contributed by atoms with Crippen LogP contribution in [0.15, 0.2) is 0 Å². The molecule has 0 radical (unpaired) electrons. The zero-order valence-corrected chi connectivity index (χ0v) is 6.88. The van der Waals surface area contributed by atoms with Crippen molar-refractivity contribution in [2.75, 3.05) is 6.61 Å². The van der Waals surface area contributed by atoms with Crippen LogP contribution in [-0.2, 0) is 6.15 Å². The molecule has 0 unspecified atom stereocenters. The second-order valence-corrected chi connectivity index (χ2v) is 4.55. The van der Waals surface area contributed by atoms with E-state index in [-0.39, 0.29) is 0 Å². The summed E-state index contributed by atoms with van der Waals surface area (Å²) in [7, 11) is 0. The summed E-state index contributed by atoms with van der Waals surface area (Å²) in [5, 5.41) is 0. The molecule has 0 aromatic carbocycles. The van der Waals surface area contributed by atoms with E-state index in [1.165, 1.54) is 0 Å². The van der Waals surface area contributed by atoms with Crippen LogP contribution in [0, 0.1) is 0 Å². The summed E-state index contributed by atoms with van der Waals surface area (Å²) >= 11 is -2.37. The van der Waals surface area contributed by atoms with Crippen LogP contribution in [-0.4, -0.2) is 26.8 Å². The van der Waals surface area contributed by atoms with Crippen molar-refractivity contribution < 1.29 is 6.15 Å². The summed E-state index contributed by atoms with van der Waals surface area (Å²) in [5.74, 6) is 0. The predicted octanol–water partition coefficient (Wildman–Crippen LogP) is 0.571. The normalized spacial score (nSPS) is 8.33. The van der Waals surface area contributed by atoms with E-state index in [1.54, 1.807) is 4.94 Å². The monoisotopic (exact) mass is 196 g/mol. The summed E-state index contributed by atoms with van der Waals surface area (Å²) in [5.41, 5.74) is 0. The Morgan fingerprint density at radius 1 is 1.83 bits per heavy atom. The summed E-state index contributed by atoms with van der Waals surface area (Å²) in [6.45, 7) is 2.46. The van der Waals surface area contributed by atoms with Crippen LogP contribution < -0.4 is 0 Å². The van der Waals surface area contributed by atoms with Crippen molar-refractivity contribution in [1.82, 2.24) is 0 Å². The molecule has 0 aliphatic rings. The van der Waals surface area contributed by atoms with E-state index in [0.717, 1.165) is 0 Å². The standard InChI is InChI=1S/C2H5O.CH3.O.Sn/c1-2-3;;;/h2H2,1H3;1H3;;/q-1;;;+1. The summed E-state index contributed by atoms with van der Waals surface area (Å²) in [6, 6.07) is 0. The second kappa shape index (κ2) is 3.74. The number of rotatable bonds is 2. The minimum absolute atomic E-state index is 0.606. The molecule has 36 valence electrons. The number of hydrogen-bond donors (Lipinski definition) is 0. The van der Waals surface area contributed by atoms with Crippen molar-refractivity contribution in [2.24, 2.45) is 0 Å². The maximum absolute atomic E-state index is 10.1. The Morgan fingerprint density at radius 3 is 2.33 bits per heavy atom. The van der Waals surface area contributed by atoms with Crippen molar-refractivity contribution in [3.63, 3.8) is 0 Å². The maximum atomic E-state index is 10.1. The second-order valence-electron chi connectivity index (χ2n) is 0.925.